The van der Waals surface area contributed by atoms with Crippen molar-refractivity contribution in [2.24, 2.45) is 5.73 Å². The molecule has 0 saturated carbocycles. The summed E-state index contributed by atoms with van der Waals surface area (Å²) in [5, 5.41) is 2.84. The molecule has 3 N–H and O–H groups in total. The summed E-state index contributed by atoms with van der Waals surface area (Å²) < 4.78 is 5.18. The molecule has 134 valence electrons. The molecule has 0 spiro atoms. The highest BCUT2D eigenvalue weighted by atomic mass is 16.5. The first-order valence-electron chi connectivity index (χ1n) is 8.13. The summed E-state index contributed by atoms with van der Waals surface area (Å²) in [6.45, 7) is 0.368. The highest BCUT2D eigenvalue weighted by Crippen LogP contribution is 2.25. The number of benzene rings is 2. The van der Waals surface area contributed by atoms with Crippen molar-refractivity contribution in [2.45, 2.75) is 12.5 Å². The highest BCUT2D eigenvalue weighted by Gasteiger charge is 2.32. The van der Waals surface area contributed by atoms with Gasteiger partial charge in [-0.1, -0.05) is 12.1 Å². The fourth-order valence-electron chi connectivity index (χ4n) is 2.91. The molecule has 1 saturated heterocycles. The van der Waals surface area contributed by atoms with Crippen LogP contribution in [0.4, 0.5) is 5.69 Å². The van der Waals surface area contributed by atoms with Crippen molar-refractivity contribution >= 4 is 23.4 Å². The molecule has 1 aliphatic rings. The summed E-state index contributed by atoms with van der Waals surface area (Å²) in [4.78, 5) is 37.6. The van der Waals surface area contributed by atoms with Gasteiger partial charge in [0.25, 0.3) is 5.91 Å². The zero-order valence-electron chi connectivity index (χ0n) is 14.3. The van der Waals surface area contributed by atoms with Crippen molar-refractivity contribution in [1.82, 2.24) is 5.32 Å². The lowest BCUT2D eigenvalue weighted by Crippen LogP contribution is -2.37. The summed E-state index contributed by atoms with van der Waals surface area (Å²) in [7, 11) is 1.56. The largest absolute Gasteiger partial charge is 0.497 e. The number of hydrogen-bond donors (Lipinski definition) is 2. The minimum atomic E-state index is -0.597. The van der Waals surface area contributed by atoms with E-state index in [4.69, 9.17) is 10.5 Å². The molecule has 3 rings (SSSR count). The summed E-state index contributed by atoms with van der Waals surface area (Å²) in [5.41, 5.74) is 6.55. The van der Waals surface area contributed by atoms with E-state index in [1.165, 1.54) is 6.07 Å². The van der Waals surface area contributed by atoms with Crippen LogP contribution in [0.5, 0.6) is 5.75 Å². The maximum absolute atomic E-state index is 12.4. The lowest BCUT2D eigenvalue weighted by Gasteiger charge is -2.18. The average molecular weight is 353 g/mol. The fraction of sp³-hybridized carbons (Fsp3) is 0.211. The number of methoxy groups -OCH3 is 1. The van der Waals surface area contributed by atoms with Crippen molar-refractivity contribution in [1.29, 1.82) is 0 Å². The van der Waals surface area contributed by atoms with Crippen LogP contribution in [-0.2, 0) is 4.79 Å². The van der Waals surface area contributed by atoms with Gasteiger partial charge in [-0.3, -0.25) is 14.4 Å². The number of nitrogens with two attached hydrogens (primary N) is 1. The lowest BCUT2D eigenvalue weighted by molar-refractivity contribution is -0.117. The first-order chi connectivity index (χ1) is 12.5. The number of carbonyl (C=O) groups excluding carboxylic acids is 3. The molecule has 0 bridgehead atoms. The van der Waals surface area contributed by atoms with Gasteiger partial charge in [0.1, 0.15) is 5.75 Å². The summed E-state index contributed by atoms with van der Waals surface area (Å²) >= 11 is 0. The van der Waals surface area contributed by atoms with E-state index in [2.05, 4.69) is 5.32 Å². The molecule has 1 heterocycles. The second-order valence-electron chi connectivity index (χ2n) is 6.03. The van der Waals surface area contributed by atoms with Gasteiger partial charge in [0, 0.05) is 35.8 Å². The third-order valence-electron chi connectivity index (χ3n) is 4.23. The van der Waals surface area contributed by atoms with Gasteiger partial charge in [-0.05, 0) is 30.3 Å². The maximum atomic E-state index is 12.4. The zero-order valence-corrected chi connectivity index (χ0v) is 14.3. The van der Waals surface area contributed by atoms with Crippen LogP contribution in [-0.4, -0.2) is 37.4 Å². The molecule has 1 atom stereocenters. The van der Waals surface area contributed by atoms with Crippen LogP contribution in [0.15, 0.2) is 48.5 Å². The van der Waals surface area contributed by atoms with Gasteiger partial charge in [-0.15, -0.1) is 0 Å². The van der Waals surface area contributed by atoms with E-state index in [1.807, 2.05) is 12.1 Å². The molecule has 1 aliphatic heterocycles. The highest BCUT2D eigenvalue weighted by molar-refractivity contribution is 6.01. The van der Waals surface area contributed by atoms with Crippen LogP contribution in [0.2, 0.25) is 0 Å². The van der Waals surface area contributed by atoms with E-state index in [1.54, 1.807) is 42.3 Å². The second-order valence-corrected chi connectivity index (χ2v) is 6.03. The number of nitrogens with one attached hydrogen (secondary N) is 1. The predicted molar refractivity (Wildman–Crippen MR) is 96.2 cm³/mol. The Labute approximate surface area is 150 Å². The van der Waals surface area contributed by atoms with Gasteiger partial charge in [-0.25, -0.2) is 0 Å². The van der Waals surface area contributed by atoms with Gasteiger partial charge >= 0.3 is 0 Å². The number of anilines is 1. The number of hydrogen-bond acceptors (Lipinski definition) is 4. The summed E-state index contributed by atoms with van der Waals surface area (Å²) in [6, 6.07) is 13.1. The predicted octanol–water partition coefficient (Wildman–Crippen LogP) is 1.33. The van der Waals surface area contributed by atoms with Crippen molar-refractivity contribution in [3.05, 3.63) is 59.7 Å². The molecule has 3 amide bonds. The van der Waals surface area contributed by atoms with Gasteiger partial charge in [0.15, 0.2) is 0 Å². The Morgan fingerprint density at radius 3 is 2.62 bits per heavy atom. The number of primary amides is 1. The normalized spacial score (nSPS) is 16.4. The zero-order chi connectivity index (χ0) is 18.7. The molecule has 26 heavy (non-hydrogen) atoms. The number of amides is 3. The van der Waals surface area contributed by atoms with Crippen molar-refractivity contribution in [2.75, 3.05) is 18.6 Å². The Morgan fingerprint density at radius 2 is 1.88 bits per heavy atom. The third kappa shape index (κ3) is 3.66. The topological polar surface area (TPSA) is 102 Å². The Hall–Kier alpha value is -3.35. The molecule has 0 aromatic heterocycles. The lowest BCUT2D eigenvalue weighted by atomic mass is 10.1. The van der Waals surface area contributed by atoms with Crippen LogP contribution in [0.1, 0.15) is 27.1 Å². The van der Waals surface area contributed by atoms with Gasteiger partial charge in [0.2, 0.25) is 11.8 Å². The first-order valence-corrected chi connectivity index (χ1v) is 8.13. The Morgan fingerprint density at radius 1 is 1.15 bits per heavy atom. The number of ether oxygens (including phenoxy) is 1. The second kappa shape index (κ2) is 7.26. The van der Waals surface area contributed by atoms with E-state index in [0.717, 1.165) is 5.69 Å². The van der Waals surface area contributed by atoms with Crippen molar-refractivity contribution in [3.8, 4) is 5.75 Å². The van der Waals surface area contributed by atoms with Gasteiger partial charge < -0.3 is 20.7 Å². The molecule has 1 unspecified atom stereocenters. The van der Waals surface area contributed by atoms with Crippen molar-refractivity contribution < 1.29 is 19.1 Å². The molecular weight excluding hydrogens is 334 g/mol. The van der Waals surface area contributed by atoms with Gasteiger partial charge in [-0.2, -0.15) is 0 Å². The van der Waals surface area contributed by atoms with E-state index in [9.17, 15) is 14.4 Å². The standard InChI is InChI=1S/C19H19N3O4/c1-26-16-7-3-6-15(10-16)22-11-14(9-17(22)23)21-19(25)13-5-2-4-12(8-13)18(20)24/h2-8,10,14H,9,11H2,1H3,(H2,20,24)(H,21,25). The Balaban J connectivity index is 1.70. The quantitative estimate of drug-likeness (QED) is 0.846. The number of rotatable bonds is 5. The van der Waals surface area contributed by atoms with Crippen LogP contribution >= 0.6 is 0 Å². The molecule has 0 radical (unpaired) electrons. The van der Waals surface area contributed by atoms with E-state index >= 15 is 0 Å². The Kier molecular flexibility index (Phi) is 4.88. The minimum absolute atomic E-state index is 0.0746. The molecule has 2 aromatic rings. The smallest absolute Gasteiger partial charge is 0.251 e. The first kappa shape index (κ1) is 17.5. The molecule has 0 aliphatic carbocycles. The van der Waals surface area contributed by atoms with Crippen LogP contribution in [0.3, 0.4) is 0 Å². The minimum Gasteiger partial charge on any atom is -0.497 e. The van der Waals surface area contributed by atoms with Crippen LogP contribution < -0.4 is 20.7 Å². The van der Waals surface area contributed by atoms with Crippen molar-refractivity contribution in [3.63, 3.8) is 0 Å². The Bertz CT molecular complexity index is 865. The van der Waals surface area contributed by atoms with Crippen LogP contribution in [0.25, 0.3) is 0 Å². The molecule has 7 heteroatoms. The molecule has 7 nitrogen and oxygen atoms in total. The van der Waals surface area contributed by atoms with Gasteiger partial charge in [0.05, 0.1) is 13.2 Å². The van der Waals surface area contributed by atoms with Crippen LogP contribution in [0, 0.1) is 0 Å². The maximum Gasteiger partial charge on any atom is 0.251 e. The summed E-state index contributed by atoms with van der Waals surface area (Å²) in [5.74, 6) is -0.362. The monoisotopic (exact) mass is 353 g/mol. The van der Waals surface area contributed by atoms with E-state index in [-0.39, 0.29) is 29.8 Å². The number of nitrogens with zero attached hydrogens (tertiary/aromatic N) is 1. The molecule has 1 fully saturated rings. The number of carbonyl (C=O) groups is 3. The average Bonchev–Trinajstić information content (AvgIpc) is 3.02. The fourth-order valence-corrected chi connectivity index (χ4v) is 2.91. The summed E-state index contributed by atoms with van der Waals surface area (Å²) in [6.07, 6.45) is 0.207. The van der Waals surface area contributed by atoms with E-state index in [0.29, 0.717) is 17.9 Å². The van der Waals surface area contributed by atoms with E-state index < -0.39 is 5.91 Å². The third-order valence-corrected chi connectivity index (χ3v) is 4.23. The molecular formula is C19H19N3O4. The SMILES string of the molecule is COc1cccc(N2CC(NC(=O)c3cccc(C(N)=O)c3)CC2=O)c1. The molecule has 2 aromatic carbocycles.